The van der Waals surface area contributed by atoms with Gasteiger partial charge in [0, 0.05) is 12.1 Å². The molecule has 3 nitrogen and oxygen atoms in total. The average Bonchev–Trinajstić information content (AvgIpc) is 2.43. The van der Waals surface area contributed by atoms with Crippen molar-refractivity contribution in [2.24, 2.45) is 5.92 Å². The Bertz CT molecular complexity index is 433. The lowest BCUT2D eigenvalue weighted by atomic mass is 9.67. The topological polar surface area (TPSA) is 33.3 Å². The maximum absolute atomic E-state index is 5.55. The first-order chi connectivity index (χ1) is 9.13. The van der Waals surface area contributed by atoms with Crippen molar-refractivity contribution in [3.05, 3.63) is 29.3 Å². The van der Waals surface area contributed by atoms with Gasteiger partial charge in [-0.15, -0.1) is 0 Å². The molecule has 1 aromatic carbocycles. The van der Waals surface area contributed by atoms with Gasteiger partial charge in [-0.25, -0.2) is 0 Å². The summed E-state index contributed by atoms with van der Waals surface area (Å²) in [5.41, 5.74) is 2.98. The molecule has 2 unspecified atom stereocenters. The quantitative estimate of drug-likeness (QED) is 0.873. The third-order valence-electron chi connectivity index (χ3n) is 4.68. The SMILES string of the molecule is CNCc1c(OC)cccc1C1(C)CCNCC1C. The van der Waals surface area contributed by atoms with Crippen LogP contribution in [-0.2, 0) is 12.0 Å². The van der Waals surface area contributed by atoms with E-state index >= 15 is 0 Å². The highest BCUT2D eigenvalue weighted by atomic mass is 16.5. The van der Waals surface area contributed by atoms with Gasteiger partial charge in [0.2, 0.25) is 0 Å². The number of methoxy groups -OCH3 is 1. The van der Waals surface area contributed by atoms with Gasteiger partial charge in [-0.2, -0.15) is 0 Å². The molecule has 0 radical (unpaired) electrons. The fraction of sp³-hybridized carbons (Fsp3) is 0.625. The van der Waals surface area contributed by atoms with Crippen molar-refractivity contribution in [1.29, 1.82) is 0 Å². The number of hydrogen-bond donors (Lipinski definition) is 2. The highest BCUT2D eigenvalue weighted by Crippen LogP contribution is 2.41. The molecular formula is C16H26N2O. The number of nitrogens with one attached hydrogen (secondary N) is 2. The summed E-state index contributed by atoms with van der Waals surface area (Å²) in [4.78, 5) is 0. The van der Waals surface area contributed by atoms with Crippen molar-refractivity contribution < 1.29 is 4.74 Å². The van der Waals surface area contributed by atoms with Crippen LogP contribution in [-0.4, -0.2) is 27.2 Å². The first-order valence-electron chi connectivity index (χ1n) is 7.15. The number of piperidine rings is 1. The highest BCUT2D eigenvalue weighted by Gasteiger charge is 2.37. The van der Waals surface area contributed by atoms with Crippen LogP contribution in [0.3, 0.4) is 0 Å². The van der Waals surface area contributed by atoms with Gasteiger partial charge in [0.15, 0.2) is 0 Å². The Morgan fingerprint density at radius 1 is 1.47 bits per heavy atom. The molecule has 0 saturated carbocycles. The van der Waals surface area contributed by atoms with E-state index in [9.17, 15) is 0 Å². The van der Waals surface area contributed by atoms with E-state index < -0.39 is 0 Å². The molecule has 0 aliphatic carbocycles. The summed E-state index contributed by atoms with van der Waals surface area (Å²) in [6, 6.07) is 6.45. The van der Waals surface area contributed by atoms with Crippen LogP contribution in [0.25, 0.3) is 0 Å². The van der Waals surface area contributed by atoms with Gasteiger partial charge < -0.3 is 15.4 Å². The molecule has 2 atom stereocenters. The summed E-state index contributed by atoms with van der Waals surface area (Å²) in [6.45, 7) is 7.78. The molecule has 2 N–H and O–H groups in total. The second-order valence-corrected chi connectivity index (χ2v) is 5.79. The standard InChI is InChI=1S/C16H26N2O/c1-12-10-18-9-8-16(12,2)14-6-5-7-15(19-4)13(14)11-17-3/h5-7,12,17-18H,8-11H2,1-4H3. The minimum Gasteiger partial charge on any atom is -0.496 e. The van der Waals surface area contributed by atoms with Gasteiger partial charge in [-0.1, -0.05) is 26.0 Å². The molecule has 1 aliphatic heterocycles. The lowest BCUT2D eigenvalue weighted by Gasteiger charge is -2.42. The van der Waals surface area contributed by atoms with E-state index in [1.165, 1.54) is 17.5 Å². The molecule has 1 aromatic rings. The van der Waals surface area contributed by atoms with Crippen LogP contribution in [0.2, 0.25) is 0 Å². The fourth-order valence-corrected chi connectivity index (χ4v) is 3.19. The predicted octanol–water partition coefficient (Wildman–Crippen LogP) is 2.30. The van der Waals surface area contributed by atoms with Gasteiger partial charge in [0.05, 0.1) is 7.11 Å². The molecule has 1 heterocycles. The maximum Gasteiger partial charge on any atom is 0.123 e. The molecule has 0 bridgehead atoms. The largest absolute Gasteiger partial charge is 0.496 e. The van der Waals surface area contributed by atoms with Crippen molar-refractivity contribution in [1.82, 2.24) is 10.6 Å². The lowest BCUT2D eigenvalue weighted by Crippen LogP contribution is -2.45. The first-order valence-corrected chi connectivity index (χ1v) is 7.15. The molecule has 19 heavy (non-hydrogen) atoms. The summed E-state index contributed by atoms with van der Waals surface area (Å²) in [7, 11) is 3.75. The van der Waals surface area contributed by atoms with Crippen molar-refractivity contribution in [3.63, 3.8) is 0 Å². The molecular weight excluding hydrogens is 236 g/mol. The zero-order valence-electron chi connectivity index (χ0n) is 12.5. The molecule has 2 rings (SSSR count). The Morgan fingerprint density at radius 3 is 2.89 bits per heavy atom. The van der Waals surface area contributed by atoms with Crippen LogP contribution >= 0.6 is 0 Å². The Morgan fingerprint density at radius 2 is 2.26 bits per heavy atom. The van der Waals surface area contributed by atoms with E-state index in [0.717, 1.165) is 25.4 Å². The maximum atomic E-state index is 5.55. The van der Waals surface area contributed by atoms with Crippen LogP contribution in [0.1, 0.15) is 31.4 Å². The van der Waals surface area contributed by atoms with E-state index in [2.05, 4.69) is 42.7 Å². The molecule has 0 aromatic heterocycles. The number of benzene rings is 1. The molecule has 1 aliphatic rings. The van der Waals surface area contributed by atoms with Crippen LogP contribution < -0.4 is 15.4 Å². The normalized spacial score (nSPS) is 27.3. The fourth-order valence-electron chi connectivity index (χ4n) is 3.19. The Balaban J connectivity index is 2.47. The van der Waals surface area contributed by atoms with Crippen LogP contribution in [0.15, 0.2) is 18.2 Å². The van der Waals surface area contributed by atoms with Gasteiger partial charge in [-0.05, 0) is 49.5 Å². The Labute approximate surface area is 116 Å². The monoisotopic (exact) mass is 262 g/mol. The van der Waals surface area contributed by atoms with Gasteiger partial charge in [0.25, 0.3) is 0 Å². The molecule has 0 amide bonds. The smallest absolute Gasteiger partial charge is 0.123 e. The van der Waals surface area contributed by atoms with E-state index in [0.29, 0.717) is 5.92 Å². The minimum absolute atomic E-state index is 0.228. The highest BCUT2D eigenvalue weighted by molar-refractivity contribution is 5.44. The van der Waals surface area contributed by atoms with E-state index in [1.54, 1.807) is 7.11 Å². The minimum atomic E-state index is 0.228. The van der Waals surface area contributed by atoms with Crippen molar-refractivity contribution in [2.45, 2.75) is 32.2 Å². The molecule has 1 fully saturated rings. The second kappa shape index (κ2) is 5.93. The number of ether oxygens (including phenoxy) is 1. The van der Waals surface area contributed by atoms with Gasteiger partial charge in [-0.3, -0.25) is 0 Å². The Kier molecular flexibility index (Phi) is 4.48. The molecule has 3 heteroatoms. The number of hydrogen-bond acceptors (Lipinski definition) is 3. The van der Waals surface area contributed by atoms with Gasteiger partial charge in [0.1, 0.15) is 5.75 Å². The summed E-state index contributed by atoms with van der Waals surface area (Å²) in [6.07, 6.45) is 1.18. The van der Waals surface area contributed by atoms with Gasteiger partial charge >= 0.3 is 0 Å². The Hall–Kier alpha value is -1.06. The number of rotatable bonds is 4. The van der Waals surface area contributed by atoms with E-state index in [4.69, 9.17) is 4.74 Å². The summed E-state index contributed by atoms with van der Waals surface area (Å²) < 4.78 is 5.55. The zero-order chi connectivity index (χ0) is 13.9. The molecule has 0 spiro atoms. The van der Waals surface area contributed by atoms with Crippen molar-refractivity contribution in [2.75, 3.05) is 27.2 Å². The lowest BCUT2D eigenvalue weighted by molar-refractivity contribution is 0.235. The van der Waals surface area contributed by atoms with Crippen LogP contribution in [0, 0.1) is 5.92 Å². The van der Waals surface area contributed by atoms with E-state index in [-0.39, 0.29) is 5.41 Å². The average molecular weight is 262 g/mol. The zero-order valence-corrected chi connectivity index (χ0v) is 12.5. The van der Waals surface area contributed by atoms with Crippen LogP contribution in [0.5, 0.6) is 5.75 Å². The van der Waals surface area contributed by atoms with Crippen molar-refractivity contribution in [3.8, 4) is 5.75 Å². The van der Waals surface area contributed by atoms with Crippen molar-refractivity contribution >= 4 is 0 Å². The predicted molar refractivity (Wildman–Crippen MR) is 79.8 cm³/mol. The summed E-state index contributed by atoms with van der Waals surface area (Å²) >= 11 is 0. The summed E-state index contributed by atoms with van der Waals surface area (Å²) in [5, 5.41) is 6.77. The first kappa shape index (κ1) is 14.4. The summed E-state index contributed by atoms with van der Waals surface area (Å²) in [5.74, 6) is 1.63. The van der Waals surface area contributed by atoms with Crippen LogP contribution in [0.4, 0.5) is 0 Å². The third kappa shape index (κ3) is 2.63. The molecule has 1 saturated heterocycles. The third-order valence-corrected chi connectivity index (χ3v) is 4.68. The molecule has 106 valence electrons. The second-order valence-electron chi connectivity index (χ2n) is 5.79. The van der Waals surface area contributed by atoms with E-state index in [1.807, 2.05) is 7.05 Å².